The summed E-state index contributed by atoms with van der Waals surface area (Å²) in [6.07, 6.45) is 2.56. The summed E-state index contributed by atoms with van der Waals surface area (Å²) >= 11 is 0. The van der Waals surface area contributed by atoms with Gasteiger partial charge in [-0.15, -0.1) is 0 Å². The molecule has 2 nitrogen and oxygen atoms in total. The lowest BCUT2D eigenvalue weighted by Gasteiger charge is -2.49. The Balaban J connectivity index is 1.80. The topological polar surface area (TPSA) is 37.3 Å². The van der Waals surface area contributed by atoms with Crippen LogP contribution in [0, 0.1) is 5.92 Å². The first-order chi connectivity index (χ1) is 16.5. The van der Waals surface area contributed by atoms with Crippen molar-refractivity contribution in [2.24, 2.45) is 5.92 Å². The number of ketones is 1. The normalized spacial score (nSPS) is 24.3. The number of rotatable bonds is 5. The zero-order chi connectivity index (χ0) is 23.6. The molecule has 0 radical (unpaired) electrons. The average Bonchev–Trinajstić information content (AvgIpc) is 2.90. The van der Waals surface area contributed by atoms with Crippen LogP contribution in [0.25, 0.3) is 5.57 Å². The fraction of sp³-hybridized carbons (Fsp3) is 0.156. The third-order valence-electron chi connectivity index (χ3n) is 7.16. The molecule has 0 spiro atoms. The van der Waals surface area contributed by atoms with Crippen molar-refractivity contribution in [3.8, 4) is 0 Å². The van der Waals surface area contributed by atoms with Gasteiger partial charge in [-0.3, -0.25) is 4.79 Å². The van der Waals surface area contributed by atoms with Gasteiger partial charge < -0.3 is 5.11 Å². The van der Waals surface area contributed by atoms with Gasteiger partial charge in [-0.25, -0.2) is 0 Å². The van der Waals surface area contributed by atoms with E-state index in [9.17, 15) is 9.90 Å². The van der Waals surface area contributed by atoms with Crippen LogP contribution in [-0.4, -0.2) is 10.9 Å². The smallest absolute Gasteiger partial charge is 0.170 e. The second-order valence-electron chi connectivity index (χ2n) is 9.35. The zero-order valence-corrected chi connectivity index (χ0v) is 19.3. The van der Waals surface area contributed by atoms with E-state index in [1.165, 1.54) is 0 Å². The van der Waals surface area contributed by atoms with Crippen LogP contribution in [0.4, 0.5) is 0 Å². The lowest BCUT2D eigenvalue weighted by atomic mass is 9.54. The predicted octanol–water partition coefficient (Wildman–Crippen LogP) is 6.82. The molecule has 1 aliphatic carbocycles. The van der Waals surface area contributed by atoms with E-state index in [1.807, 2.05) is 103 Å². The first kappa shape index (κ1) is 22.1. The highest BCUT2D eigenvalue weighted by atomic mass is 16.3. The molecule has 1 N–H and O–H groups in total. The van der Waals surface area contributed by atoms with Gasteiger partial charge >= 0.3 is 0 Å². The first-order valence-corrected chi connectivity index (χ1v) is 11.7. The molecule has 0 bridgehead atoms. The monoisotopic (exact) mass is 444 g/mol. The second kappa shape index (κ2) is 8.89. The van der Waals surface area contributed by atoms with Gasteiger partial charge in [0, 0.05) is 11.0 Å². The molecule has 4 aromatic rings. The molecular weight excluding hydrogens is 416 g/mol. The number of hydrogen-bond acceptors (Lipinski definition) is 2. The Labute approximate surface area is 201 Å². The zero-order valence-electron chi connectivity index (χ0n) is 19.3. The Morgan fingerprint density at radius 2 is 1.18 bits per heavy atom. The molecule has 34 heavy (non-hydrogen) atoms. The highest BCUT2D eigenvalue weighted by Gasteiger charge is 2.55. The first-order valence-electron chi connectivity index (χ1n) is 11.7. The minimum absolute atomic E-state index is 0.0540. The highest BCUT2D eigenvalue weighted by molar-refractivity contribution is 6.01. The largest absolute Gasteiger partial charge is 0.380 e. The van der Waals surface area contributed by atoms with Gasteiger partial charge in [0.1, 0.15) is 5.60 Å². The summed E-state index contributed by atoms with van der Waals surface area (Å²) in [5.41, 5.74) is 2.35. The molecule has 0 fully saturated rings. The number of allylic oxidation sites excluding steroid dienone is 1. The van der Waals surface area contributed by atoms with Crippen molar-refractivity contribution in [3.05, 3.63) is 150 Å². The highest BCUT2D eigenvalue weighted by Crippen LogP contribution is 2.54. The molecule has 4 aromatic carbocycles. The van der Waals surface area contributed by atoms with Crippen molar-refractivity contribution in [3.63, 3.8) is 0 Å². The summed E-state index contributed by atoms with van der Waals surface area (Å²) in [4.78, 5) is 14.2. The van der Waals surface area contributed by atoms with Gasteiger partial charge in [0.25, 0.3) is 0 Å². The molecule has 1 aliphatic rings. The minimum atomic E-state index is -1.48. The van der Waals surface area contributed by atoms with Gasteiger partial charge in [-0.2, -0.15) is 0 Å². The molecule has 0 aliphatic heterocycles. The van der Waals surface area contributed by atoms with Crippen LogP contribution in [0.2, 0.25) is 0 Å². The number of aliphatic hydroxyl groups is 1. The van der Waals surface area contributed by atoms with E-state index in [0.717, 1.165) is 22.3 Å². The van der Waals surface area contributed by atoms with Gasteiger partial charge in [0.15, 0.2) is 5.78 Å². The van der Waals surface area contributed by atoms with E-state index in [2.05, 4.69) is 31.2 Å². The molecule has 0 aromatic heterocycles. The minimum Gasteiger partial charge on any atom is -0.380 e. The number of benzene rings is 4. The third-order valence-corrected chi connectivity index (χ3v) is 7.16. The quantitative estimate of drug-likeness (QED) is 0.343. The van der Waals surface area contributed by atoms with Gasteiger partial charge in [-0.1, -0.05) is 128 Å². The van der Waals surface area contributed by atoms with Gasteiger partial charge in [0.2, 0.25) is 0 Å². The maximum atomic E-state index is 14.2. The lowest BCUT2D eigenvalue weighted by molar-refractivity contribution is -0.00846. The standard InChI is InChI=1S/C32H28O2/c1-31(27-18-10-4-11-19-27)22-26(24-14-6-2-7-15-24)23-32(34,28-20-12-5-13-21-28)30(31)29(33)25-16-8-3-9-17-25/h2-21,23,30,34H,22H2,1H3/t30-,31-,32+/m1/s1. The number of carbonyl (C=O) groups excluding carboxylic acids is 1. The summed E-state index contributed by atoms with van der Waals surface area (Å²) in [5.74, 6) is -0.763. The van der Waals surface area contributed by atoms with Crippen molar-refractivity contribution in [2.45, 2.75) is 24.4 Å². The van der Waals surface area contributed by atoms with Crippen LogP contribution in [0.3, 0.4) is 0 Å². The Bertz CT molecular complexity index is 1300. The Kier molecular flexibility index (Phi) is 5.77. The van der Waals surface area contributed by atoms with Crippen molar-refractivity contribution in [2.75, 3.05) is 0 Å². The molecule has 5 rings (SSSR count). The van der Waals surface area contributed by atoms with E-state index in [0.29, 0.717) is 12.0 Å². The van der Waals surface area contributed by atoms with E-state index in [1.54, 1.807) is 0 Å². The fourth-order valence-corrected chi connectivity index (χ4v) is 5.52. The summed E-state index contributed by atoms with van der Waals surface area (Å²) in [6.45, 7) is 2.12. The fourth-order valence-electron chi connectivity index (χ4n) is 5.52. The number of carbonyl (C=O) groups is 1. The summed E-state index contributed by atoms with van der Waals surface area (Å²) < 4.78 is 0. The molecule has 0 saturated carbocycles. The molecule has 168 valence electrons. The second-order valence-corrected chi connectivity index (χ2v) is 9.35. The molecular formula is C32H28O2. The van der Waals surface area contributed by atoms with E-state index in [-0.39, 0.29) is 5.78 Å². The van der Waals surface area contributed by atoms with Crippen molar-refractivity contribution in [1.82, 2.24) is 0 Å². The van der Waals surface area contributed by atoms with Crippen molar-refractivity contribution < 1.29 is 9.90 Å². The number of hydrogen-bond donors (Lipinski definition) is 1. The van der Waals surface area contributed by atoms with Crippen LogP contribution in [0.1, 0.15) is 40.4 Å². The molecule has 0 amide bonds. The Hall–Kier alpha value is -3.75. The average molecular weight is 445 g/mol. The molecule has 0 heterocycles. The Morgan fingerprint density at radius 3 is 1.74 bits per heavy atom. The molecule has 0 unspecified atom stereocenters. The lowest BCUT2D eigenvalue weighted by Crippen LogP contribution is -2.53. The van der Waals surface area contributed by atoms with E-state index < -0.39 is 16.9 Å². The molecule has 0 saturated heterocycles. The summed E-state index contributed by atoms with van der Waals surface area (Å²) in [5, 5.41) is 12.6. The third kappa shape index (κ3) is 3.81. The Morgan fingerprint density at radius 1 is 0.706 bits per heavy atom. The van der Waals surface area contributed by atoms with Gasteiger partial charge in [0.05, 0.1) is 5.92 Å². The number of Topliss-reactive ketones (excluding diaryl/α,β-unsaturated/α-hetero) is 1. The molecule has 3 atom stereocenters. The van der Waals surface area contributed by atoms with Crippen LogP contribution < -0.4 is 0 Å². The van der Waals surface area contributed by atoms with Crippen molar-refractivity contribution in [1.29, 1.82) is 0 Å². The predicted molar refractivity (Wildman–Crippen MR) is 137 cm³/mol. The van der Waals surface area contributed by atoms with Crippen molar-refractivity contribution >= 4 is 11.4 Å². The van der Waals surface area contributed by atoms with E-state index >= 15 is 0 Å². The van der Waals surface area contributed by atoms with Gasteiger partial charge in [-0.05, 0) is 34.8 Å². The van der Waals surface area contributed by atoms with Crippen LogP contribution in [-0.2, 0) is 11.0 Å². The molecule has 2 heteroatoms. The van der Waals surface area contributed by atoms with Crippen LogP contribution >= 0.6 is 0 Å². The van der Waals surface area contributed by atoms with Crippen LogP contribution in [0.5, 0.6) is 0 Å². The van der Waals surface area contributed by atoms with E-state index in [4.69, 9.17) is 0 Å². The maximum absolute atomic E-state index is 14.2. The summed E-state index contributed by atoms with van der Waals surface area (Å²) in [6, 6.07) is 39.3. The SMILES string of the molecule is C[C@]1(c2ccccc2)CC(c2ccccc2)=C[C@](O)(c2ccccc2)[C@@H]1C(=O)c1ccccc1. The summed E-state index contributed by atoms with van der Waals surface area (Å²) in [7, 11) is 0. The van der Waals surface area contributed by atoms with Crippen LogP contribution in [0.15, 0.2) is 127 Å². The maximum Gasteiger partial charge on any atom is 0.170 e.